The second-order valence-corrected chi connectivity index (χ2v) is 5.43. The zero-order valence-corrected chi connectivity index (χ0v) is 9.53. The molecule has 0 aliphatic carbocycles. The number of rotatable bonds is 1. The molecule has 2 atom stereocenters. The van der Waals surface area contributed by atoms with E-state index in [1.807, 2.05) is 0 Å². The van der Waals surface area contributed by atoms with E-state index >= 15 is 0 Å². The maximum absolute atomic E-state index is 13.5. The molecule has 0 amide bonds. The van der Waals surface area contributed by atoms with Gasteiger partial charge in [-0.25, -0.2) is 8.78 Å². The summed E-state index contributed by atoms with van der Waals surface area (Å²) in [6.07, 6.45) is 0.777. The average molecular weight is 245 g/mol. The van der Waals surface area contributed by atoms with E-state index in [1.54, 1.807) is 0 Å². The number of benzene rings is 1. The van der Waals surface area contributed by atoms with Crippen LogP contribution in [-0.4, -0.2) is 22.3 Å². The summed E-state index contributed by atoms with van der Waals surface area (Å²) in [5, 5.41) is 3.04. The van der Waals surface area contributed by atoms with Crippen LogP contribution in [0.2, 0.25) is 0 Å². The van der Waals surface area contributed by atoms with Crippen molar-refractivity contribution in [3.63, 3.8) is 0 Å². The van der Waals surface area contributed by atoms with Crippen LogP contribution in [0.25, 0.3) is 0 Å². The number of nitrogens with one attached hydrogen (secondary N) is 1. The average Bonchev–Trinajstić information content (AvgIpc) is 2.43. The molecule has 1 N–H and O–H groups in total. The Morgan fingerprint density at radius 1 is 1.31 bits per heavy atom. The Bertz CT molecular complexity index is 391. The van der Waals surface area contributed by atoms with E-state index in [9.17, 15) is 13.0 Å². The fourth-order valence-electron chi connectivity index (χ4n) is 1.87. The second kappa shape index (κ2) is 5.01. The molecule has 2 nitrogen and oxygen atoms in total. The Morgan fingerprint density at radius 2 is 2.00 bits per heavy atom. The molecule has 1 saturated heterocycles. The molecule has 1 aromatic rings. The van der Waals surface area contributed by atoms with Crippen molar-refractivity contribution in [1.29, 1.82) is 0 Å². The van der Waals surface area contributed by atoms with Crippen molar-refractivity contribution in [3.05, 3.63) is 35.4 Å². The highest BCUT2D eigenvalue weighted by Gasteiger charge is 2.23. The summed E-state index contributed by atoms with van der Waals surface area (Å²) < 4.78 is 38.5. The topological polar surface area (TPSA) is 29.1 Å². The minimum absolute atomic E-state index is 0.0118. The molecule has 88 valence electrons. The monoisotopic (exact) mass is 245 g/mol. The van der Waals surface area contributed by atoms with Crippen LogP contribution < -0.4 is 5.32 Å². The van der Waals surface area contributed by atoms with Crippen molar-refractivity contribution in [3.8, 4) is 0 Å². The van der Waals surface area contributed by atoms with E-state index in [2.05, 4.69) is 5.32 Å². The van der Waals surface area contributed by atoms with Crippen LogP contribution in [0.1, 0.15) is 18.0 Å². The maximum Gasteiger partial charge on any atom is 0.130 e. The van der Waals surface area contributed by atoms with Crippen LogP contribution in [-0.2, 0) is 10.8 Å². The van der Waals surface area contributed by atoms with Gasteiger partial charge < -0.3 is 5.32 Å². The summed E-state index contributed by atoms with van der Waals surface area (Å²) >= 11 is 0. The minimum Gasteiger partial charge on any atom is -0.309 e. The van der Waals surface area contributed by atoms with E-state index in [-0.39, 0.29) is 11.3 Å². The van der Waals surface area contributed by atoms with E-state index in [1.165, 1.54) is 18.2 Å². The van der Waals surface area contributed by atoms with Crippen molar-refractivity contribution >= 4 is 10.8 Å². The van der Waals surface area contributed by atoms with Crippen LogP contribution in [0.5, 0.6) is 0 Å². The van der Waals surface area contributed by atoms with Gasteiger partial charge in [-0.15, -0.1) is 0 Å². The third kappa shape index (κ3) is 2.47. The predicted octanol–water partition coefficient (Wildman–Crippen LogP) is 1.75. The van der Waals surface area contributed by atoms with Gasteiger partial charge in [-0.1, -0.05) is 6.07 Å². The van der Waals surface area contributed by atoms with E-state index in [0.717, 1.165) is 6.42 Å². The fourth-order valence-corrected chi connectivity index (χ4v) is 3.16. The van der Waals surface area contributed by atoms with Gasteiger partial charge in [0.2, 0.25) is 0 Å². The van der Waals surface area contributed by atoms with Crippen LogP contribution >= 0.6 is 0 Å². The molecule has 0 saturated carbocycles. The molecular weight excluding hydrogens is 232 g/mol. The lowest BCUT2D eigenvalue weighted by atomic mass is 10.1. The Labute approximate surface area is 95.5 Å². The van der Waals surface area contributed by atoms with Crippen molar-refractivity contribution in [2.75, 3.05) is 18.1 Å². The summed E-state index contributed by atoms with van der Waals surface area (Å²) in [5.41, 5.74) is 0.0118. The first-order valence-electron chi connectivity index (χ1n) is 5.21. The SMILES string of the molecule is O=S1CCCNC(c2c(F)cccc2F)C1. The molecule has 1 heterocycles. The Morgan fingerprint density at radius 3 is 2.69 bits per heavy atom. The molecule has 1 fully saturated rings. The molecule has 5 heteroatoms. The highest BCUT2D eigenvalue weighted by molar-refractivity contribution is 7.85. The number of halogens is 2. The lowest BCUT2D eigenvalue weighted by molar-refractivity contribution is 0.495. The van der Waals surface area contributed by atoms with Gasteiger partial charge in [0, 0.05) is 33.9 Å². The maximum atomic E-state index is 13.5. The number of hydrogen-bond donors (Lipinski definition) is 1. The van der Waals surface area contributed by atoms with Gasteiger partial charge in [0.05, 0.1) is 0 Å². The molecular formula is C11H13F2NOS. The molecule has 0 aromatic heterocycles. The molecule has 16 heavy (non-hydrogen) atoms. The summed E-state index contributed by atoms with van der Waals surface area (Å²) in [6, 6.07) is 3.31. The summed E-state index contributed by atoms with van der Waals surface area (Å²) in [7, 11) is -1.00. The lowest BCUT2D eigenvalue weighted by Gasteiger charge is -2.16. The molecule has 0 radical (unpaired) electrons. The van der Waals surface area contributed by atoms with Gasteiger partial charge in [0.25, 0.3) is 0 Å². The van der Waals surface area contributed by atoms with Gasteiger partial charge in [-0.05, 0) is 25.1 Å². The quantitative estimate of drug-likeness (QED) is 0.816. The van der Waals surface area contributed by atoms with Gasteiger partial charge in [-0.2, -0.15) is 0 Å². The van der Waals surface area contributed by atoms with E-state index in [4.69, 9.17) is 0 Å². The largest absolute Gasteiger partial charge is 0.309 e. The molecule has 1 aliphatic heterocycles. The zero-order valence-electron chi connectivity index (χ0n) is 8.71. The van der Waals surface area contributed by atoms with Crippen LogP contribution in [0.3, 0.4) is 0 Å². The van der Waals surface area contributed by atoms with Crippen LogP contribution in [0.4, 0.5) is 8.78 Å². The first-order valence-corrected chi connectivity index (χ1v) is 6.69. The Kier molecular flexibility index (Phi) is 3.66. The van der Waals surface area contributed by atoms with Gasteiger partial charge in [-0.3, -0.25) is 4.21 Å². The third-order valence-corrected chi connectivity index (χ3v) is 4.09. The first-order chi connectivity index (χ1) is 7.68. The third-order valence-electron chi connectivity index (χ3n) is 2.64. The van der Waals surface area contributed by atoms with Gasteiger partial charge in [0.1, 0.15) is 11.6 Å². The van der Waals surface area contributed by atoms with Crippen molar-refractivity contribution < 1.29 is 13.0 Å². The van der Waals surface area contributed by atoms with Crippen LogP contribution in [0, 0.1) is 11.6 Å². The highest BCUT2D eigenvalue weighted by atomic mass is 32.2. The second-order valence-electron chi connectivity index (χ2n) is 3.81. The normalized spacial score (nSPS) is 26.4. The molecule has 2 rings (SSSR count). The highest BCUT2D eigenvalue weighted by Crippen LogP contribution is 2.22. The van der Waals surface area contributed by atoms with Crippen molar-refractivity contribution in [1.82, 2.24) is 5.32 Å². The van der Waals surface area contributed by atoms with E-state index < -0.39 is 28.5 Å². The summed E-state index contributed by atoms with van der Waals surface area (Å²) in [4.78, 5) is 0. The lowest BCUT2D eigenvalue weighted by Crippen LogP contribution is -2.26. The smallest absolute Gasteiger partial charge is 0.130 e. The summed E-state index contributed by atoms with van der Waals surface area (Å²) in [5.74, 6) is -0.273. The number of hydrogen-bond acceptors (Lipinski definition) is 2. The van der Waals surface area contributed by atoms with Crippen molar-refractivity contribution in [2.24, 2.45) is 0 Å². The predicted molar refractivity (Wildman–Crippen MR) is 59.6 cm³/mol. The standard InChI is InChI=1S/C11H13F2NOS/c12-8-3-1-4-9(13)11(8)10-7-16(15)6-2-5-14-10/h1,3-4,10,14H,2,5-7H2. The van der Waals surface area contributed by atoms with Gasteiger partial charge >= 0.3 is 0 Å². The first kappa shape index (κ1) is 11.7. The molecule has 0 bridgehead atoms. The molecule has 2 unspecified atom stereocenters. The fraction of sp³-hybridized carbons (Fsp3) is 0.455. The minimum atomic E-state index is -1.00. The van der Waals surface area contributed by atoms with Gasteiger partial charge in [0.15, 0.2) is 0 Å². The van der Waals surface area contributed by atoms with Crippen LogP contribution in [0.15, 0.2) is 18.2 Å². The molecule has 1 aromatic carbocycles. The summed E-state index contributed by atoms with van der Waals surface area (Å²) in [6.45, 7) is 0.643. The molecule has 1 aliphatic rings. The van der Waals surface area contributed by atoms with E-state index in [0.29, 0.717) is 12.3 Å². The molecule has 0 spiro atoms. The Hall–Kier alpha value is -0.810. The van der Waals surface area contributed by atoms with Crippen molar-refractivity contribution in [2.45, 2.75) is 12.5 Å². The Balaban J connectivity index is 2.31. The zero-order chi connectivity index (χ0) is 11.5.